The zero-order valence-electron chi connectivity index (χ0n) is 24.4. The standard InChI is InChI=1S/C35H27BrFN3O5S/c1-44-31-10-6-5-9-27(31)32-18-14-25(45-32)20-30(40-34(42)22-7-3-2-4-8-22)35(43)38-24-12-15-26(16-13-24)46-21-33(41)39-29-17-11-23(36)19-28(29)37/h2-20H,21H2,1H3,(H,38,43)(H,39,41)(H,40,42)/b30-20-. The average molecular weight is 701 g/mol. The lowest BCUT2D eigenvalue weighted by Gasteiger charge is -2.11. The molecule has 0 saturated carbocycles. The molecule has 0 atom stereocenters. The van der Waals surface area contributed by atoms with Crippen molar-refractivity contribution in [2.75, 3.05) is 23.5 Å². The van der Waals surface area contributed by atoms with Gasteiger partial charge in [0.25, 0.3) is 11.8 Å². The summed E-state index contributed by atoms with van der Waals surface area (Å²) in [6, 6.07) is 30.6. The van der Waals surface area contributed by atoms with E-state index in [0.717, 1.165) is 10.5 Å². The Morgan fingerprint density at radius 3 is 2.37 bits per heavy atom. The summed E-state index contributed by atoms with van der Waals surface area (Å²) < 4.78 is 26.0. The van der Waals surface area contributed by atoms with Gasteiger partial charge in [-0.3, -0.25) is 14.4 Å². The minimum atomic E-state index is -0.573. The van der Waals surface area contributed by atoms with Gasteiger partial charge >= 0.3 is 0 Å². The molecule has 232 valence electrons. The zero-order valence-corrected chi connectivity index (χ0v) is 26.8. The molecular weight excluding hydrogens is 673 g/mol. The first-order chi connectivity index (χ1) is 22.3. The number of para-hydroxylation sites is 1. The van der Waals surface area contributed by atoms with Crippen molar-refractivity contribution < 1.29 is 27.9 Å². The normalized spacial score (nSPS) is 11.1. The molecule has 4 aromatic carbocycles. The van der Waals surface area contributed by atoms with Crippen LogP contribution in [0.5, 0.6) is 5.75 Å². The van der Waals surface area contributed by atoms with E-state index in [2.05, 4.69) is 31.9 Å². The summed E-state index contributed by atoms with van der Waals surface area (Å²) in [5.74, 6) is -0.385. The lowest BCUT2D eigenvalue weighted by Crippen LogP contribution is -2.30. The molecule has 8 nitrogen and oxygen atoms in total. The monoisotopic (exact) mass is 699 g/mol. The zero-order chi connectivity index (χ0) is 32.5. The Balaban J connectivity index is 1.28. The summed E-state index contributed by atoms with van der Waals surface area (Å²) in [6.07, 6.45) is 1.45. The Morgan fingerprint density at radius 2 is 1.63 bits per heavy atom. The van der Waals surface area contributed by atoms with Crippen molar-refractivity contribution in [1.29, 1.82) is 0 Å². The molecule has 0 radical (unpaired) electrons. The number of thioether (sulfide) groups is 1. The summed E-state index contributed by atoms with van der Waals surface area (Å²) in [7, 11) is 1.57. The van der Waals surface area contributed by atoms with E-state index in [1.807, 2.05) is 24.3 Å². The van der Waals surface area contributed by atoms with Gasteiger partial charge in [-0.05, 0) is 78.9 Å². The Labute approximate surface area is 277 Å². The van der Waals surface area contributed by atoms with E-state index >= 15 is 0 Å². The number of anilines is 2. The lowest BCUT2D eigenvalue weighted by molar-refractivity contribution is -0.114. The van der Waals surface area contributed by atoms with Crippen molar-refractivity contribution >= 4 is 62.9 Å². The quantitative estimate of drug-likeness (QED) is 0.0952. The van der Waals surface area contributed by atoms with Gasteiger partial charge in [0.15, 0.2) is 0 Å². The van der Waals surface area contributed by atoms with Crippen LogP contribution in [0.15, 0.2) is 129 Å². The van der Waals surface area contributed by atoms with E-state index in [9.17, 15) is 18.8 Å². The van der Waals surface area contributed by atoms with Crippen LogP contribution in [0, 0.1) is 5.82 Å². The van der Waals surface area contributed by atoms with Crippen LogP contribution in [0.1, 0.15) is 16.1 Å². The molecule has 0 fully saturated rings. The summed E-state index contributed by atoms with van der Waals surface area (Å²) in [5, 5.41) is 8.04. The number of benzene rings is 4. The molecular formula is C35H27BrFN3O5S. The number of furan rings is 1. The number of methoxy groups -OCH3 is 1. The van der Waals surface area contributed by atoms with Crippen LogP contribution >= 0.6 is 27.7 Å². The molecule has 1 aromatic heterocycles. The third kappa shape index (κ3) is 8.52. The van der Waals surface area contributed by atoms with Crippen molar-refractivity contribution in [3.05, 3.63) is 137 Å². The van der Waals surface area contributed by atoms with E-state index in [0.29, 0.717) is 33.0 Å². The number of hydrogen-bond acceptors (Lipinski definition) is 6. The van der Waals surface area contributed by atoms with Gasteiger partial charge < -0.3 is 25.1 Å². The minimum Gasteiger partial charge on any atom is -0.496 e. The number of ether oxygens (including phenoxy) is 1. The van der Waals surface area contributed by atoms with Crippen LogP contribution in [-0.4, -0.2) is 30.6 Å². The number of nitrogens with one attached hydrogen (secondary N) is 3. The van der Waals surface area contributed by atoms with E-state index in [1.165, 1.54) is 30.0 Å². The highest BCUT2D eigenvalue weighted by Gasteiger charge is 2.17. The smallest absolute Gasteiger partial charge is 0.272 e. The molecule has 11 heteroatoms. The molecule has 0 aliphatic heterocycles. The Kier molecular flexibility index (Phi) is 10.7. The third-order valence-corrected chi connectivity index (χ3v) is 8.01. The molecule has 0 aliphatic carbocycles. The highest BCUT2D eigenvalue weighted by atomic mass is 79.9. The van der Waals surface area contributed by atoms with E-state index in [1.54, 1.807) is 79.9 Å². The van der Waals surface area contributed by atoms with Crippen LogP contribution in [0.3, 0.4) is 0 Å². The van der Waals surface area contributed by atoms with Crippen LogP contribution in [0.25, 0.3) is 17.4 Å². The van der Waals surface area contributed by atoms with Crippen LogP contribution in [0.4, 0.5) is 15.8 Å². The first-order valence-corrected chi connectivity index (χ1v) is 15.7. The lowest BCUT2D eigenvalue weighted by atomic mass is 10.1. The predicted molar refractivity (Wildman–Crippen MR) is 181 cm³/mol. The summed E-state index contributed by atoms with van der Waals surface area (Å²) >= 11 is 4.44. The highest BCUT2D eigenvalue weighted by Crippen LogP contribution is 2.31. The molecule has 3 N–H and O–H groups in total. The van der Waals surface area contributed by atoms with Crippen molar-refractivity contribution in [3.8, 4) is 17.1 Å². The van der Waals surface area contributed by atoms with Gasteiger partial charge in [-0.15, -0.1) is 11.8 Å². The van der Waals surface area contributed by atoms with Crippen molar-refractivity contribution in [1.82, 2.24) is 5.32 Å². The largest absolute Gasteiger partial charge is 0.496 e. The molecule has 0 unspecified atom stereocenters. The van der Waals surface area contributed by atoms with Gasteiger partial charge in [-0.2, -0.15) is 0 Å². The molecule has 0 spiro atoms. The highest BCUT2D eigenvalue weighted by molar-refractivity contribution is 9.10. The topological polar surface area (TPSA) is 110 Å². The molecule has 46 heavy (non-hydrogen) atoms. The Bertz CT molecular complexity index is 1890. The van der Waals surface area contributed by atoms with Gasteiger partial charge in [-0.1, -0.05) is 46.3 Å². The number of amides is 3. The number of rotatable bonds is 11. The molecule has 5 aromatic rings. The van der Waals surface area contributed by atoms with Gasteiger partial charge in [0, 0.05) is 26.7 Å². The van der Waals surface area contributed by atoms with Crippen molar-refractivity contribution in [3.63, 3.8) is 0 Å². The summed E-state index contributed by atoms with van der Waals surface area (Å²) in [6.45, 7) is 0. The first-order valence-electron chi connectivity index (χ1n) is 13.9. The maximum Gasteiger partial charge on any atom is 0.272 e. The van der Waals surface area contributed by atoms with Crippen LogP contribution < -0.4 is 20.7 Å². The summed E-state index contributed by atoms with van der Waals surface area (Å²) in [5.41, 5.74) is 1.64. The van der Waals surface area contributed by atoms with Gasteiger partial charge in [-0.25, -0.2) is 4.39 Å². The van der Waals surface area contributed by atoms with Gasteiger partial charge in [0.1, 0.15) is 28.8 Å². The second-order valence-corrected chi connectivity index (χ2v) is 11.7. The average Bonchev–Trinajstić information content (AvgIpc) is 3.54. The maximum absolute atomic E-state index is 14.0. The maximum atomic E-state index is 14.0. The molecule has 1 heterocycles. The van der Waals surface area contributed by atoms with Gasteiger partial charge in [0.05, 0.1) is 24.1 Å². The summed E-state index contributed by atoms with van der Waals surface area (Å²) in [4.78, 5) is 39.5. The van der Waals surface area contributed by atoms with Crippen molar-refractivity contribution in [2.24, 2.45) is 0 Å². The predicted octanol–water partition coefficient (Wildman–Crippen LogP) is 8.00. The number of hydrogen-bond donors (Lipinski definition) is 3. The minimum absolute atomic E-state index is 0.0370. The number of halogens is 2. The molecule has 0 aliphatic rings. The van der Waals surface area contributed by atoms with Crippen LogP contribution in [0.2, 0.25) is 0 Å². The second kappa shape index (κ2) is 15.2. The fraction of sp³-hybridized carbons (Fsp3) is 0.0571. The van der Waals surface area contributed by atoms with E-state index in [-0.39, 0.29) is 23.0 Å². The molecule has 0 bridgehead atoms. The second-order valence-electron chi connectivity index (χ2n) is 9.72. The molecule has 3 amide bonds. The molecule has 5 rings (SSSR count). The number of carbonyl (C=O) groups excluding carboxylic acids is 3. The van der Waals surface area contributed by atoms with Gasteiger partial charge in [0.2, 0.25) is 5.91 Å². The third-order valence-electron chi connectivity index (χ3n) is 6.50. The van der Waals surface area contributed by atoms with Crippen molar-refractivity contribution in [2.45, 2.75) is 4.90 Å². The van der Waals surface area contributed by atoms with E-state index in [4.69, 9.17) is 9.15 Å². The molecule has 0 saturated heterocycles. The Morgan fingerprint density at radius 1 is 0.891 bits per heavy atom. The first kappa shape index (κ1) is 32.3. The van der Waals surface area contributed by atoms with E-state index < -0.39 is 17.6 Å². The number of carbonyl (C=O) groups is 3. The fourth-order valence-electron chi connectivity index (χ4n) is 4.27. The SMILES string of the molecule is COc1ccccc1-c1ccc(/C=C(\NC(=O)c2ccccc2)C(=O)Nc2ccc(SCC(=O)Nc3ccc(Br)cc3F)cc2)o1. The fourth-order valence-corrected chi connectivity index (χ4v) is 5.30. The Hall–Kier alpha value is -5.13. The van der Waals surface area contributed by atoms with Crippen LogP contribution in [-0.2, 0) is 9.59 Å².